The third kappa shape index (κ3) is 3.82. The van der Waals surface area contributed by atoms with Gasteiger partial charge in [-0.3, -0.25) is 19.4 Å². The summed E-state index contributed by atoms with van der Waals surface area (Å²) in [5.74, 6) is -1.48. The molecule has 4 aromatic rings. The number of amides is 2. The Hall–Kier alpha value is -2.71. The third-order valence-corrected chi connectivity index (χ3v) is 7.53. The van der Waals surface area contributed by atoms with E-state index >= 15 is 0 Å². The van der Waals surface area contributed by atoms with E-state index in [1.165, 1.54) is 10.7 Å². The number of nitrogens with two attached hydrogens (primary N) is 1. The molecule has 32 heavy (non-hydrogen) atoms. The SMILES string of the molecule is Cc1nn(C)cc1-c1cc(C(F)F)nc2sc(C(N)=O)c(NC(=O)c3n[nH]c(Br)c3Br)c12. The lowest BCUT2D eigenvalue weighted by molar-refractivity contribution is 0.100. The summed E-state index contributed by atoms with van der Waals surface area (Å²) >= 11 is 7.27. The van der Waals surface area contributed by atoms with Gasteiger partial charge in [-0.05, 0) is 50.4 Å². The molecule has 9 nitrogen and oxygen atoms in total. The molecule has 0 fully saturated rings. The Labute approximate surface area is 199 Å². The van der Waals surface area contributed by atoms with Crippen LogP contribution in [0.15, 0.2) is 21.3 Å². The number of aryl methyl sites for hydroxylation is 2. The molecule has 0 atom stereocenters. The molecule has 0 bridgehead atoms. The number of halogens is 4. The third-order valence-electron chi connectivity index (χ3n) is 4.55. The maximum Gasteiger partial charge on any atom is 0.280 e. The highest BCUT2D eigenvalue weighted by Gasteiger charge is 2.27. The number of aromatic nitrogens is 5. The van der Waals surface area contributed by atoms with Gasteiger partial charge in [0.1, 0.15) is 20.0 Å². The smallest absolute Gasteiger partial charge is 0.280 e. The largest absolute Gasteiger partial charge is 0.365 e. The zero-order valence-corrected chi connectivity index (χ0v) is 20.3. The van der Waals surface area contributed by atoms with E-state index in [9.17, 15) is 18.4 Å². The van der Waals surface area contributed by atoms with E-state index in [0.29, 0.717) is 31.3 Å². The van der Waals surface area contributed by atoms with Crippen LogP contribution in [0.4, 0.5) is 14.5 Å². The van der Waals surface area contributed by atoms with Gasteiger partial charge in [0.2, 0.25) is 0 Å². The van der Waals surface area contributed by atoms with Crippen molar-refractivity contribution < 1.29 is 18.4 Å². The number of carbonyl (C=O) groups excluding carboxylic acids is 2. The van der Waals surface area contributed by atoms with Crippen molar-refractivity contribution in [3.8, 4) is 11.1 Å². The first kappa shape index (κ1) is 22.5. The number of carbonyl (C=O) groups is 2. The fourth-order valence-electron chi connectivity index (χ4n) is 3.23. The lowest BCUT2D eigenvalue weighted by Crippen LogP contribution is -2.17. The molecule has 0 radical (unpaired) electrons. The van der Waals surface area contributed by atoms with Crippen molar-refractivity contribution in [1.82, 2.24) is 25.0 Å². The van der Waals surface area contributed by atoms with Crippen molar-refractivity contribution >= 4 is 70.9 Å². The molecule has 0 aromatic carbocycles. The van der Waals surface area contributed by atoms with Crippen LogP contribution < -0.4 is 11.1 Å². The van der Waals surface area contributed by atoms with E-state index < -0.39 is 23.9 Å². The molecule has 0 spiro atoms. The number of anilines is 1. The number of H-pyrrole nitrogens is 1. The van der Waals surface area contributed by atoms with Gasteiger partial charge < -0.3 is 11.1 Å². The molecule has 0 saturated heterocycles. The number of nitrogens with one attached hydrogen (secondary N) is 2. The monoisotopic (exact) mass is 587 g/mol. The molecule has 2 amide bonds. The average Bonchev–Trinajstić information content (AvgIpc) is 3.36. The zero-order valence-electron chi connectivity index (χ0n) is 16.3. The van der Waals surface area contributed by atoms with Gasteiger partial charge in [0.25, 0.3) is 18.2 Å². The van der Waals surface area contributed by atoms with Gasteiger partial charge in [0.15, 0.2) is 5.69 Å². The minimum Gasteiger partial charge on any atom is -0.365 e. The van der Waals surface area contributed by atoms with Gasteiger partial charge in [0, 0.05) is 24.2 Å². The van der Waals surface area contributed by atoms with E-state index in [-0.39, 0.29) is 21.1 Å². The van der Waals surface area contributed by atoms with Crippen LogP contribution in [0.1, 0.15) is 38.0 Å². The van der Waals surface area contributed by atoms with Crippen LogP contribution in [0.5, 0.6) is 0 Å². The van der Waals surface area contributed by atoms with E-state index in [1.54, 1.807) is 20.2 Å². The Morgan fingerprint density at radius 2 is 2.03 bits per heavy atom. The molecule has 4 heterocycles. The summed E-state index contributed by atoms with van der Waals surface area (Å²) < 4.78 is 29.5. The molecule has 4 aromatic heterocycles. The first-order chi connectivity index (χ1) is 15.1. The molecule has 0 aliphatic heterocycles. The molecular formula is C18H13Br2F2N7O2S. The minimum atomic E-state index is -2.84. The molecule has 4 rings (SSSR count). The normalized spacial score (nSPS) is 11.5. The maximum atomic E-state index is 13.6. The van der Waals surface area contributed by atoms with E-state index in [0.717, 1.165) is 11.3 Å². The van der Waals surface area contributed by atoms with Crippen LogP contribution in [0.3, 0.4) is 0 Å². The number of hydrogen-bond acceptors (Lipinski definition) is 6. The molecule has 0 saturated carbocycles. The first-order valence-electron chi connectivity index (χ1n) is 8.85. The standard InChI is InChI=1S/C18H13Br2F2N7O2S/c1-5-7(4-29(2)28-5)6-3-8(15(21)22)24-18-9(6)11(13(32-18)16(23)30)25-17(31)12-10(19)14(20)27-26-12/h3-4,15H,1-2H3,(H2,23,30)(H,25,31)(H,26,27). The number of aromatic amines is 1. The number of nitrogens with zero attached hydrogens (tertiary/aromatic N) is 4. The van der Waals surface area contributed by atoms with E-state index in [4.69, 9.17) is 5.73 Å². The van der Waals surface area contributed by atoms with Crippen molar-refractivity contribution in [3.63, 3.8) is 0 Å². The first-order valence-corrected chi connectivity index (χ1v) is 11.3. The highest BCUT2D eigenvalue weighted by Crippen LogP contribution is 2.43. The highest BCUT2D eigenvalue weighted by atomic mass is 79.9. The fraction of sp³-hybridized carbons (Fsp3) is 0.167. The van der Waals surface area contributed by atoms with Gasteiger partial charge >= 0.3 is 0 Å². The summed E-state index contributed by atoms with van der Waals surface area (Å²) in [4.78, 5) is 29.2. The number of fused-ring (bicyclic) bond motifs is 1. The lowest BCUT2D eigenvalue weighted by atomic mass is 10.0. The van der Waals surface area contributed by atoms with Crippen LogP contribution in [-0.4, -0.2) is 36.8 Å². The number of pyridine rings is 1. The second kappa shape index (κ2) is 8.33. The Kier molecular flexibility index (Phi) is 5.85. The van der Waals surface area contributed by atoms with Crippen molar-refractivity contribution in [2.45, 2.75) is 13.3 Å². The Morgan fingerprint density at radius 3 is 2.56 bits per heavy atom. The molecule has 14 heteroatoms. The van der Waals surface area contributed by atoms with Crippen molar-refractivity contribution in [3.05, 3.63) is 43.3 Å². The minimum absolute atomic E-state index is 0.0166. The van der Waals surface area contributed by atoms with Crippen molar-refractivity contribution in [1.29, 1.82) is 0 Å². The number of primary amides is 1. The second-order valence-electron chi connectivity index (χ2n) is 6.70. The summed E-state index contributed by atoms with van der Waals surface area (Å²) in [5.41, 5.74) is 6.62. The molecule has 0 unspecified atom stereocenters. The van der Waals surface area contributed by atoms with Gasteiger partial charge in [-0.1, -0.05) is 0 Å². The van der Waals surface area contributed by atoms with Crippen molar-refractivity contribution in [2.24, 2.45) is 12.8 Å². The van der Waals surface area contributed by atoms with Gasteiger partial charge in [0.05, 0.1) is 15.9 Å². The second-order valence-corrected chi connectivity index (χ2v) is 9.29. The van der Waals surface area contributed by atoms with E-state index in [1.807, 2.05) is 0 Å². The quantitative estimate of drug-likeness (QED) is 0.315. The topological polar surface area (TPSA) is 132 Å². The Morgan fingerprint density at radius 1 is 1.31 bits per heavy atom. The Bertz CT molecular complexity index is 1400. The molecule has 166 valence electrons. The van der Waals surface area contributed by atoms with Gasteiger partial charge in [-0.25, -0.2) is 13.8 Å². The highest BCUT2D eigenvalue weighted by molar-refractivity contribution is 9.13. The molecule has 0 aliphatic carbocycles. The summed E-state index contributed by atoms with van der Waals surface area (Å²) in [7, 11) is 1.70. The molecular weight excluding hydrogens is 576 g/mol. The van der Waals surface area contributed by atoms with Crippen LogP contribution in [-0.2, 0) is 7.05 Å². The predicted molar refractivity (Wildman–Crippen MR) is 122 cm³/mol. The summed E-state index contributed by atoms with van der Waals surface area (Å²) in [5, 5.41) is 13.7. The average molecular weight is 589 g/mol. The maximum absolute atomic E-state index is 13.6. The van der Waals surface area contributed by atoms with E-state index in [2.05, 4.69) is 57.5 Å². The summed E-state index contributed by atoms with van der Waals surface area (Å²) in [6.45, 7) is 1.72. The lowest BCUT2D eigenvalue weighted by Gasteiger charge is -2.10. The zero-order chi connectivity index (χ0) is 23.3. The molecule has 4 N–H and O–H groups in total. The number of rotatable bonds is 5. The Balaban J connectivity index is 2.00. The van der Waals surface area contributed by atoms with Crippen LogP contribution in [0.2, 0.25) is 0 Å². The summed E-state index contributed by atoms with van der Waals surface area (Å²) in [6, 6.07) is 1.23. The summed E-state index contributed by atoms with van der Waals surface area (Å²) in [6.07, 6.45) is -1.18. The molecule has 0 aliphatic rings. The van der Waals surface area contributed by atoms with Crippen molar-refractivity contribution in [2.75, 3.05) is 5.32 Å². The van der Waals surface area contributed by atoms with Crippen LogP contribution in [0, 0.1) is 6.92 Å². The number of hydrogen-bond donors (Lipinski definition) is 3. The van der Waals surface area contributed by atoms with Crippen LogP contribution >= 0.6 is 43.2 Å². The number of alkyl halides is 2. The number of thiophene rings is 1. The predicted octanol–water partition coefficient (Wildman–Crippen LogP) is 4.54. The van der Waals surface area contributed by atoms with Gasteiger partial charge in [-0.15, -0.1) is 11.3 Å². The fourth-order valence-corrected chi connectivity index (χ4v) is 4.88. The van der Waals surface area contributed by atoms with Crippen LogP contribution in [0.25, 0.3) is 21.3 Å². The van der Waals surface area contributed by atoms with Gasteiger partial charge in [-0.2, -0.15) is 10.2 Å².